The van der Waals surface area contributed by atoms with Crippen molar-refractivity contribution in [1.82, 2.24) is 0 Å². The van der Waals surface area contributed by atoms with Crippen LogP contribution >= 0.6 is 23.2 Å². The summed E-state index contributed by atoms with van der Waals surface area (Å²) in [5, 5.41) is 3.19. The molecule has 0 fully saturated rings. The molecular formula is C15H4Cl2F16N2O3. The first-order valence-corrected chi connectivity index (χ1v) is 9.19. The summed E-state index contributed by atoms with van der Waals surface area (Å²) >= 11 is 8.70. The van der Waals surface area contributed by atoms with Gasteiger partial charge >= 0.3 is 52.7 Å². The fourth-order valence-electron chi connectivity index (χ4n) is 2.23. The second kappa shape index (κ2) is 9.33. The van der Waals surface area contributed by atoms with Crippen LogP contribution in [0.15, 0.2) is 18.2 Å². The molecule has 0 saturated carbocycles. The number of nitrogens with one attached hydrogen (secondary N) is 1. The monoisotopic (exact) mass is 634 g/mol. The van der Waals surface area contributed by atoms with E-state index in [2.05, 4.69) is 11.6 Å². The van der Waals surface area contributed by atoms with Crippen molar-refractivity contribution in [2.24, 2.45) is 0 Å². The summed E-state index contributed by atoms with van der Waals surface area (Å²) < 4.78 is 215. The van der Waals surface area contributed by atoms with Gasteiger partial charge in [0.25, 0.3) is 5.69 Å². The molecule has 0 saturated heterocycles. The molecule has 0 unspecified atom stereocenters. The van der Waals surface area contributed by atoms with E-state index in [0.29, 0.717) is 17.4 Å². The zero-order chi connectivity index (χ0) is 30.7. The summed E-state index contributed by atoms with van der Waals surface area (Å²) in [6.45, 7) is 0. The molecule has 38 heavy (non-hydrogen) atoms. The number of nitro benzene ring substituents is 1. The van der Waals surface area contributed by atoms with Crippen molar-refractivity contribution >= 4 is 40.5 Å². The number of carbonyl (C=O) groups excluding carboxylic acids is 1. The molecule has 1 N–H and O–H groups in total. The molecule has 1 rings (SSSR count). The van der Waals surface area contributed by atoms with E-state index in [4.69, 9.17) is 11.6 Å². The van der Waals surface area contributed by atoms with Crippen LogP contribution in [0.2, 0.25) is 5.02 Å². The number of hydrogen-bond acceptors (Lipinski definition) is 3. The zero-order valence-corrected chi connectivity index (χ0v) is 18.2. The molecule has 0 aliphatic heterocycles. The van der Waals surface area contributed by atoms with Crippen LogP contribution in [0.4, 0.5) is 81.6 Å². The van der Waals surface area contributed by atoms with Gasteiger partial charge in [-0.3, -0.25) is 14.9 Å². The van der Waals surface area contributed by atoms with Crippen LogP contribution in [-0.4, -0.2) is 57.7 Å². The summed E-state index contributed by atoms with van der Waals surface area (Å²) in [6, 6.07) is 0.940. The minimum Gasteiger partial charge on any atom is -0.319 e. The summed E-state index contributed by atoms with van der Waals surface area (Å²) in [5.41, 5.74) is -2.60. The molecule has 0 aromatic heterocycles. The van der Waals surface area contributed by atoms with Crippen molar-refractivity contribution in [3.63, 3.8) is 0 Å². The third-order valence-electron chi connectivity index (χ3n) is 4.42. The molecule has 0 aliphatic rings. The van der Waals surface area contributed by atoms with Crippen LogP contribution in [-0.2, 0) is 4.79 Å². The number of halogens is 18. The SMILES string of the molecule is O=C(Nc1cc([N+](=O)[O-])ccc1Cl)C(F)(F)C(F)(F)C(F)(F)C(F)(F)C(F)(F)C(F)(F)C(F)(F)C(F)(F)Cl. The number of amides is 1. The Hall–Kier alpha value is -2.45. The number of nitro groups is 1. The van der Waals surface area contributed by atoms with Crippen LogP contribution in [0.3, 0.4) is 0 Å². The lowest BCUT2D eigenvalue weighted by Gasteiger charge is -2.42. The van der Waals surface area contributed by atoms with E-state index in [-0.39, 0.29) is 6.07 Å². The summed E-state index contributed by atoms with van der Waals surface area (Å²) in [7, 11) is 0. The lowest BCUT2D eigenvalue weighted by Crippen LogP contribution is -2.75. The molecular weight excluding hydrogens is 631 g/mol. The molecule has 0 atom stereocenters. The Labute approximate surface area is 206 Å². The lowest BCUT2D eigenvalue weighted by molar-refractivity contribution is -0.445. The third-order valence-corrected chi connectivity index (χ3v) is 4.98. The predicted molar refractivity (Wildman–Crippen MR) is 92.2 cm³/mol. The van der Waals surface area contributed by atoms with Crippen molar-refractivity contribution in [2.75, 3.05) is 5.32 Å². The highest BCUT2D eigenvalue weighted by molar-refractivity contribution is 6.33. The van der Waals surface area contributed by atoms with Crippen molar-refractivity contribution in [2.45, 2.75) is 46.8 Å². The fourth-order valence-corrected chi connectivity index (χ4v) is 2.51. The lowest BCUT2D eigenvalue weighted by atomic mass is 9.89. The van der Waals surface area contributed by atoms with Gasteiger partial charge in [0.05, 0.1) is 15.6 Å². The second-order valence-electron chi connectivity index (χ2n) is 6.89. The normalized spacial score (nSPS) is 14.9. The third kappa shape index (κ3) is 4.64. The Morgan fingerprint density at radius 3 is 1.45 bits per heavy atom. The molecule has 5 nitrogen and oxygen atoms in total. The van der Waals surface area contributed by atoms with Gasteiger partial charge in [-0.2, -0.15) is 70.2 Å². The number of anilines is 1. The van der Waals surface area contributed by atoms with E-state index in [1.807, 2.05) is 0 Å². The van der Waals surface area contributed by atoms with E-state index in [1.165, 1.54) is 0 Å². The Bertz CT molecular complexity index is 1110. The standard InChI is InChI=1S/C15H4Cl2F16N2O3/c16-5-2-1-4(35(37)38)3-6(5)34-7(36)8(18,19)9(20,21)10(22,23)11(24,25)12(26,27)13(28,29)14(30,31)15(17,32)33/h1-3H,(H,34,36). The number of rotatable bonds is 10. The molecule has 218 valence electrons. The van der Waals surface area contributed by atoms with Gasteiger partial charge in [-0.05, 0) is 17.7 Å². The molecule has 1 aromatic rings. The van der Waals surface area contributed by atoms with E-state index < -0.39 is 74.1 Å². The highest BCUT2D eigenvalue weighted by atomic mass is 35.5. The average molecular weight is 635 g/mol. The Balaban J connectivity index is 3.63. The predicted octanol–water partition coefficient (Wildman–Crippen LogP) is 7.47. The largest absolute Gasteiger partial charge is 0.393 e. The highest BCUT2D eigenvalue weighted by Gasteiger charge is 2.95. The maximum absolute atomic E-state index is 13.9. The number of carbonyl (C=O) groups is 1. The minimum absolute atomic E-state index is 0.0182. The van der Waals surface area contributed by atoms with Gasteiger partial charge in [-0.25, -0.2) is 0 Å². The Morgan fingerprint density at radius 1 is 0.711 bits per heavy atom. The van der Waals surface area contributed by atoms with Gasteiger partial charge < -0.3 is 5.32 Å². The van der Waals surface area contributed by atoms with E-state index in [1.54, 1.807) is 0 Å². The van der Waals surface area contributed by atoms with Crippen molar-refractivity contribution < 1.29 is 80.0 Å². The first-order valence-electron chi connectivity index (χ1n) is 8.43. The van der Waals surface area contributed by atoms with Gasteiger partial charge in [0, 0.05) is 12.1 Å². The second-order valence-corrected chi connectivity index (χ2v) is 7.78. The van der Waals surface area contributed by atoms with E-state index in [0.717, 1.165) is 0 Å². The number of benzene rings is 1. The molecule has 23 heteroatoms. The molecule has 1 aromatic carbocycles. The van der Waals surface area contributed by atoms with Gasteiger partial charge in [0.1, 0.15) is 0 Å². The Kier molecular flexibility index (Phi) is 8.25. The first kappa shape index (κ1) is 33.6. The summed E-state index contributed by atoms with van der Waals surface area (Å²) in [4.78, 5) is 20.8. The quantitative estimate of drug-likeness (QED) is 0.126. The van der Waals surface area contributed by atoms with Crippen molar-refractivity contribution in [1.29, 1.82) is 0 Å². The van der Waals surface area contributed by atoms with Crippen LogP contribution in [0.25, 0.3) is 0 Å². The average Bonchev–Trinajstić information content (AvgIpc) is 2.73. The topological polar surface area (TPSA) is 72.2 Å². The molecule has 0 spiro atoms. The van der Waals surface area contributed by atoms with Crippen LogP contribution < -0.4 is 5.32 Å². The Morgan fingerprint density at radius 2 is 1.08 bits per heavy atom. The van der Waals surface area contributed by atoms with Crippen LogP contribution in [0.1, 0.15) is 0 Å². The molecule has 0 radical (unpaired) electrons. The number of hydrogen-bond donors (Lipinski definition) is 1. The minimum atomic E-state index is -8.74. The smallest absolute Gasteiger partial charge is 0.319 e. The maximum atomic E-state index is 13.9. The van der Waals surface area contributed by atoms with E-state index >= 15 is 0 Å². The van der Waals surface area contributed by atoms with Crippen molar-refractivity contribution in [3.05, 3.63) is 33.3 Å². The molecule has 0 aliphatic carbocycles. The number of alkyl halides is 17. The van der Waals surface area contributed by atoms with Gasteiger partial charge in [0.15, 0.2) is 0 Å². The summed E-state index contributed by atoms with van der Waals surface area (Å²) in [5.74, 6) is -61.7. The molecule has 0 bridgehead atoms. The van der Waals surface area contributed by atoms with Gasteiger partial charge in [-0.15, -0.1) is 0 Å². The molecule has 1 amide bonds. The van der Waals surface area contributed by atoms with Crippen LogP contribution in [0, 0.1) is 10.1 Å². The number of nitrogens with zero attached hydrogens (tertiary/aromatic N) is 1. The van der Waals surface area contributed by atoms with Crippen LogP contribution in [0.5, 0.6) is 0 Å². The zero-order valence-electron chi connectivity index (χ0n) is 16.7. The van der Waals surface area contributed by atoms with Crippen molar-refractivity contribution in [3.8, 4) is 0 Å². The molecule has 0 heterocycles. The first-order chi connectivity index (χ1) is 16.5. The fraction of sp³-hybridized carbons (Fsp3) is 0.533. The van der Waals surface area contributed by atoms with E-state index in [9.17, 15) is 85.2 Å². The van der Waals surface area contributed by atoms with Gasteiger partial charge in [-0.1, -0.05) is 11.6 Å². The number of non-ortho nitro benzene ring substituents is 1. The maximum Gasteiger partial charge on any atom is 0.393 e. The van der Waals surface area contributed by atoms with Gasteiger partial charge in [0.2, 0.25) is 0 Å². The summed E-state index contributed by atoms with van der Waals surface area (Å²) in [6.07, 6.45) is 0. The highest BCUT2D eigenvalue weighted by Crippen LogP contribution is 2.64.